The first-order valence-corrected chi connectivity index (χ1v) is 11.1. The predicted octanol–water partition coefficient (Wildman–Crippen LogP) is 3.88. The molecule has 7 atom stereocenters. The van der Waals surface area contributed by atoms with Crippen molar-refractivity contribution in [2.45, 2.75) is 77.6 Å². The molecule has 0 aromatic rings. The summed E-state index contributed by atoms with van der Waals surface area (Å²) >= 11 is 0. The number of fused-ring (bicyclic) bond motifs is 5. The van der Waals surface area contributed by atoms with Gasteiger partial charge in [-0.1, -0.05) is 19.4 Å². The van der Waals surface area contributed by atoms with Gasteiger partial charge in [-0.2, -0.15) is 0 Å². The number of hydrogen-bond donors (Lipinski definition) is 0. The van der Waals surface area contributed by atoms with Gasteiger partial charge in [0.25, 0.3) is 0 Å². The second-order valence-electron chi connectivity index (χ2n) is 10.7. The normalized spacial score (nSPS) is 46.5. The number of Topliss-reactive ketones (excluding diaryl/α,β-unsaturated/α-hetero) is 2. The summed E-state index contributed by atoms with van der Waals surface area (Å²) in [7, 11) is 0. The molecule has 0 aromatic heterocycles. The molecule has 0 amide bonds. The molecule has 0 heterocycles. The summed E-state index contributed by atoms with van der Waals surface area (Å²) in [4.78, 5) is 49.5. The van der Waals surface area contributed by atoms with Crippen LogP contribution in [0.3, 0.4) is 0 Å². The molecule has 0 spiro atoms. The number of rotatable bonds is 3. The second-order valence-corrected chi connectivity index (χ2v) is 10.7. The molecule has 170 valence electrons. The molecule has 4 aliphatic carbocycles. The lowest BCUT2D eigenvalue weighted by atomic mass is 9.46. The molecule has 0 bridgehead atoms. The highest BCUT2D eigenvalue weighted by Gasteiger charge is 2.77. The molecule has 1 unspecified atom stereocenters. The van der Waals surface area contributed by atoms with Gasteiger partial charge in [-0.3, -0.25) is 19.2 Å². The lowest BCUT2D eigenvalue weighted by Gasteiger charge is -2.57. The number of ether oxygens (including phenoxy) is 1. The minimum atomic E-state index is -2.92. The molecule has 0 saturated heterocycles. The van der Waals surface area contributed by atoms with Crippen LogP contribution in [0.15, 0.2) is 11.6 Å². The third kappa shape index (κ3) is 2.83. The predicted molar refractivity (Wildman–Crippen MR) is 107 cm³/mol. The average molecular weight is 436 g/mol. The molecule has 7 heteroatoms. The molecule has 0 N–H and O–H groups in total. The minimum Gasteiger partial charge on any atom is -0.458 e. The van der Waals surface area contributed by atoms with Gasteiger partial charge in [0.2, 0.25) is 11.5 Å². The van der Waals surface area contributed by atoms with Gasteiger partial charge in [0.05, 0.1) is 0 Å². The Morgan fingerprint density at radius 1 is 1.16 bits per heavy atom. The number of ketones is 3. The Kier molecular flexibility index (Phi) is 4.88. The zero-order chi connectivity index (χ0) is 23.0. The van der Waals surface area contributed by atoms with Crippen LogP contribution in [0.5, 0.6) is 0 Å². The van der Waals surface area contributed by atoms with E-state index < -0.39 is 52.4 Å². The zero-order valence-corrected chi connectivity index (χ0v) is 18.6. The van der Waals surface area contributed by atoms with Gasteiger partial charge in [-0.15, -0.1) is 0 Å². The van der Waals surface area contributed by atoms with E-state index in [0.717, 1.165) is 19.4 Å². The first kappa shape index (κ1) is 22.3. The summed E-state index contributed by atoms with van der Waals surface area (Å²) in [5.74, 6) is -3.11. The van der Waals surface area contributed by atoms with Gasteiger partial charge in [-0.25, -0.2) is 8.78 Å². The molecule has 4 rings (SSSR count). The number of carbonyl (C=O) groups excluding carboxylic acids is 4. The summed E-state index contributed by atoms with van der Waals surface area (Å²) in [5.41, 5.74) is -6.40. The zero-order valence-electron chi connectivity index (χ0n) is 18.6. The first-order valence-electron chi connectivity index (χ1n) is 11.1. The van der Waals surface area contributed by atoms with E-state index in [2.05, 4.69) is 0 Å². The Bertz CT molecular complexity index is 908. The van der Waals surface area contributed by atoms with Gasteiger partial charge >= 0.3 is 5.97 Å². The van der Waals surface area contributed by atoms with Crippen LogP contribution in [0.25, 0.3) is 0 Å². The topological polar surface area (TPSA) is 77.5 Å². The Balaban J connectivity index is 1.75. The Hall–Kier alpha value is -1.92. The maximum Gasteiger partial charge on any atom is 0.303 e. The number of allylic oxidation sites excluding steroid dienone is 1. The largest absolute Gasteiger partial charge is 0.458 e. The highest BCUT2D eigenvalue weighted by atomic mass is 19.2. The number of carbonyl (C=O) groups is 4. The summed E-state index contributed by atoms with van der Waals surface area (Å²) in [6.07, 6.45) is 3.38. The summed E-state index contributed by atoms with van der Waals surface area (Å²) in [5, 5.41) is 0. The fourth-order valence-electron chi connectivity index (χ4n) is 7.53. The van der Waals surface area contributed by atoms with E-state index in [4.69, 9.17) is 4.74 Å². The minimum absolute atomic E-state index is 0.0649. The van der Waals surface area contributed by atoms with Crippen molar-refractivity contribution in [3.8, 4) is 0 Å². The van der Waals surface area contributed by atoms with Crippen LogP contribution >= 0.6 is 0 Å². The summed E-state index contributed by atoms with van der Waals surface area (Å²) < 4.78 is 37.1. The molecular formula is C24H30F2O5. The number of esters is 1. The Labute approximate surface area is 181 Å². The van der Waals surface area contributed by atoms with Crippen LogP contribution in [-0.4, -0.2) is 41.3 Å². The van der Waals surface area contributed by atoms with Crippen molar-refractivity contribution in [3.05, 3.63) is 11.6 Å². The van der Waals surface area contributed by atoms with Crippen LogP contribution in [0.1, 0.15) is 66.2 Å². The monoisotopic (exact) mass is 436 g/mol. The maximum atomic E-state index is 16.5. The molecule has 0 aliphatic heterocycles. The standard InChI is InChI=1S/C24H30F2O5/c1-13(27)31-12-19(30)24(26)22(3)11-18(29)20-16(17(22)10-23(24,4)25)6-5-14-9-15(28)7-8-21(14,20)2/h9,16-17,20H,5-8,10-12H2,1-4H3/t16-,17-,20+,21-,22-,23?,24-/m0/s1. The van der Waals surface area contributed by atoms with E-state index in [1.165, 1.54) is 6.92 Å². The third-order valence-corrected chi connectivity index (χ3v) is 8.94. The van der Waals surface area contributed by atoms with E-state index in [0.29, 0.717) is 25.7 Å². The fourth-order valence-corrected chi connectivity index (χ4v) is 7.53. The van der Waals surface area contributed by atoms with Crippen molar-refractivity contribution in [2.75, 3.05) is 6.61 Å². The van der Waals surface area contributed by atoms with Crippen molar-refractivity contribution < 1.29 is 32.7 Å². The second kappa shape index (κ2) is 6.79. The van der Waals surface area contributed by atoms with Gasteiger partial charge in [0, 0.05) is 31.1 Å². The lowest BCUT2D eigenvalue weighted by Crippen LogP contribution is -2.62. The smallest absolute Gasteiger partial charge is 0.303 e. The first-order chi connectivity index (χ1) is 14.3. The van der Waals surface area contributed by atoms with Gasteiger partial charge in [0.1, 0.15) is 11.5 Å². The van der Waals surface area contributed by atoms with Crippen molar-refractivity contribution in [1.29, 1.82) is 0 Å². The van der Waals surface area contributed by atoms with Crippen LogP contribution < -0.4 is 0 Å². The van der Waals surface area contributed by atoms with Crippen molar-refractivity contribution in [2.24, 2.45) is 28.6 Å². The molecule has 31 heavy (non-hydrogen) atoms. The highest BCUT2D eigenvalue weighted by Crippen LogP contribution is 2.70. The molecule has 4 aliphatic rings. The van der Waals surface area contributed by atoms with E-state index >= 15 is 8.78 Å². The third-order valence-electron chi connectivity index (χ3n) is 8.94. The van der Waals surface area contributed by atoms with E-state index in [1.54, 1.807) is 6.08 Å². The number of halogens is 2. The molecule has 0 aromatic carbocycles. The Morgan fingerprint density at radius 2 is 1.84 bits per heavy atom. The van der Waals surface area contributed by atoms with E-state index in [-0.39, 0.29) is 30.3 Å². The lowest BCUT2D eigenvalue weighted by molar-refractivity contribution is -0.170. The van der Waals surface area contributed by atoms with Crippen LogP contribution in [0.2, 0.25) is 0 Å². The summed E-state index contributed by atoms with van der Waals surface area (Å²) in [6.45, 7) is 4.87. The van der Waals surface area contributed by atoms with Gasteiger partial charge in [-0.05, 0) is 55.9 Å². The maximum absolute atomic E-state index is 16.5. The molecular weight excluding hydrogens is 406 g/mol. The average Bonchev–Trinajstić information content (AvgIpc) is 2.83. The molecule has 5 nitrogen and oxygen atoms in total. The molecule has 3 saturated carbocycles. The molecule has 3 fully saturated rings. The highest BCUT2D eigenvalue weighted by molar-refractivity contribution is 5.96. The van der Waals surface area contributed by atoms with E-state index in [1.807, 2.05) is 6.92 Å². The van der Waals surface area contributed by atoms with Crippen molar-refractivity contribution in [1.82, 2.24) is 0 Å². The number of hydrogen-bond acceptors (Lipinski definition) is 5. The SMILES string of the molecule is CC(=O)OCC(=O)[C@@]1(F)C(C)(F)C[C@H]2[C@@H]3CCC4=CC(=O)CC[C@]4(C)[C@H]3C(=O)C[C@@]21C. The van der Waals surface area contributed by atoms with Crippen LogP contribution in [0, 0.1) is 28.6 Å². The van der Waals surface area contributed by atoms with Crippen molar-refractivity contribution in [3.63, 3.8) is 0 Å². The van der Waals surface area contributed by atoms with E-state index in [9.17, 15) is 19.2 Å². The molecule has 0 radical (unpaired) electrons. The van der Waals surface area contributed by atoms with Gasteiger partial charge in [0.15, 0.2) is 12.4 Å². The quantitative estimate of drug-likeness (QED) is 0.628. The van der Waals surface area contributed by atoms with Crippen LogP contribution in [-0.2, 0) is 23.9 Å². The fraction of sp³-hybridized carbons (Fsp3) is 0.750. The van der Waals surface area contributed by atoms with Gasteiger partial charge < -0.3 is 4.74 Å². The van der Waals surface area contributed by atoms with Crippen LogP contribution in [0.4, 0.5) is 8.78 Å². The van der Waals surface area contributed by atoms with Crippen molar-refractivity contribution >= 4 is 23.3 Å². The Morgan fingerprint density at radius 3 is 2.48 bits per heavy atom. The summed E-state index contributed by atoms with van der Waals surface area (Å²) in [6, 6.07) is 0. The number of alkyl halides is 2.